The van der Waals surface area contributed by atoms with Crippen LogP contribution in [0.5, 0.6) is 0 Å². The number of nitrogens with zero attached hydrogens (tertiary/aromatic N) is 4. The van der Waals surface area contributed by atoms with Crippen LogP contribution < -0.4 is 10.6 Å². The van der Waals surface area contributed by atoms with E-state index in [2.05, 4.69) is 29.7 Å². The normalized spacial score (nSPS) is 22.6. The van der Waals surface area contributed by atoms with E-state index in [-0.39, 0.29) is 11.8 Å². The van der Waals surface area contributed by atoms with Crippen LogP contribution in [0.4, 0.5) is 0 Å². The Labute approximate surface area is 189 Å². The van der Waals surface area contributed by atoms with E-state index in [1.165, 1.54) is 12.8 Å². The number of amides is 2. The highest BCUT2D eigenvalue weighted by atomic mass is 16.2. The summed E-state index contributed by atoms with van der Waals surface area (Å²) in [4.78, 5) is 34.1. The Balaban J connectivity index is 1.03. The zero-order chi connectivity index (χ0) is 21.9. The lowest BCUT2D eigenvalue weighted by Gasteiger charge is -2.28. The van der Waals surface area contributed by atoms with Crippen LogP contribution in [0.1, 0.15) is 84.0 Å². The van der Waals surface area contributed by atoms with Gasteiger partial charge in [-0.15, -0.1) is 0 Å². The van der Waals surface area contributed by atoms with Crippen LogP contribution in [0.3, 0.4) is 0 Å². The third-order valence-electron chi connectivity index (χ3n) is 7.35. The molecule has 2 amide bonds. The van der Waals surface area contributed by atoms with Crippen LogP contribution in [-0.4, -0.2) is 44.0 Å². The topological polar surface area (TPSA) is 93.8 Å². The summed E-state index contributed by atoms with van der Waals surface area (Å²) in [6.45, 7) is 3.36. The molecule has 1 aliphatic carbocycles. The van der Waals surface area contributed by atoms with Gasteiger partial charge in [0.05, 0.1) is 0 Å². The Morgan fingerprint density at radius 1 is 0.750 bits per heavy atom. The second-order valence-corrected chi connectivity index (χ2v) is 9.69. The summed E-state index contributed by atoms with van der Waals surface area (Å²) in [5.41, 5.74) is 1.11. The van der Waals surface area contributed by atoms with E-state index in [9.17, 15) is 9.59 Å². The van der Waals surface area contributed by atoms with Crippen molar-refractivity contribution in [2.75, 3.05) is 13.1 Å². The van der Waals surface area contributed by atoms with Gasteiger partial charge in [-0.1, -0.05) is 0 Å². The van der Waals surface area contributed by atoms with Gasteiger partial charge in [-0.05, 0) is 63.2 Å². The molecule has 0 saturated heterocycles. The molecule has 1 fully saturated rings. The fraction of sp³-hybridized carbons (Fsp3) is 0.667. The van der Waals surface area contributed by atoms with Crippen LogP contribution >= 0.6 is 0 Å². The predicted molar refractivity (Wildman–Crippen MR) is 120 cm³/mol. The molecule has 2 aromatic rings. The number of aryl methyl sites for hydroxylation is 4. The van der Waals surface area contributed by atoms with Gasteiger partial charge >= 0.3 is 0 Å². The molecule has 5 rings (SSSR count). The molecule has 172 valence electrons. The second kappa shape index (κ2) is 9.46. The van der Waals surface area contributed by atoms with Gasteiger partial charge in [-0.2, -0.15) is 0 Å². The third-order valence-corrected chi connectivity index (χ3v) is 7.35. The number of hydrogen-bond acceptors (Lipinski definition) is 4. The minimum absolute atomic E-state index is 0.0518. The smallest absolute Gasteiger partial charge is 0.271 e. The molecule has 32 heavy (non-hydrogen) atoms. The monoisotopic (exact) mass is 438 g/mol. The van der Waals surface area contributed by atoms with E-state index in [0.717, 1.165) is 76.1 Å². The number of aromatic nitrogens is 4. The number of hydrogen-bond donors (Lipinski definition) is 2. The molecule has 0 unspecified atom stereocenters. The first-order valence-corrected chi connectivity index (χ1v) is 12.3. The molecule has 2 aliphatic heterocycles. The van der Waals surface area contributed by atoms with Crippen molar-refractivity contribution in [3.63, 3.8) is 0 Å². The molecule has 3 aliphatic rings. The lowest BCUT2D eigenvalue weighted by molar-refractivity contribution is 0.0918. The lowest BCUT2D eigenvalue weighted by Crippen LogP contribution is -2.34. The summed E-state index contributed by atoms with van der Waals surface area (Å²) in [6.07, 6.45) is 14.7. The Kier molecular flexibility index (Phi) is 6.28. The van der Waals surface area contributed by atoms with Gasteiger partial charge in [0.2, 0.25) is 0 Å². The summed E-state index contributed by atoms with van der Waals surface area (Å²) < 4.78 is 4.24. The third kappa shape index (κ3) is 4.74. The highest BCUT2D eigenvalue weighted by Gasteiger charge is 2.24. The summed E-state index contributed by atoms with van der Waals surface area (Å²) in [7, 11) is 0. The van der Waals surface area contributed by atoms with Gasteiger partial charge in [0, 0.05) is 51.4 Å². The number of imidazole rings is 2. The molecule has 0 bridgehead atoms. The summed E-state index contributed by atoms with van der Waals surface area (Å²) in [5, 5.41) is 6.19. The van der Waals surface area contributed by atoms with E-state index in [4.69, 9.17) is 0 Å². The van der Waals surface area contributed by atoms with Crippen molar-refractivity contribution in [1.29, 1.82) is 0 Å². The summed E-state index contributed by atoms with van der Waals surface area (Å²) in [6, 6.07) is 0. The maximum atomic E-state index is 12.5. The van der Waals surface area contributed by atoms with Crippen molar-refractivity contribution in [2.24, 2.45) is 11.8 Å². The molecule has 0 spiro atoms. The van der Waals surface area contributed by atoms with Gasteiger partial charge in [0.25, 0.3) is 11.8 Å². The van der Waals surface area contributed by atoms with Crippen LogP contribution in [0.15, 0.2) is 12.4 Å². The first-order chi connectivity index (χ1) is 15.7. The minimum atomic E-state index is -0.0518. The van der Waals surface area contributed by atoms with E-state index in [1.54, 1.807) is 0 Å². The average Bonchev–Trinajstić information content (AvgIpc) is 3.46. The van der Waals surface area contributed by atoms with Crippen LogP contribution in [0, 0.1) is 11.8 Å². The Hall–Kier alpha value is -2.64. The van der Waals surface area contributed by atoms with Crippen LogP contribution in [0.2, 0.25) is 0 Å². The molecule has 4 heterocycles. The second-order valence-electron chi connectivity index (χ2n) is 9.69. The number of rotatable bonds is 6. The Morgan fingerprint density at radius 2 is 1.19 bits per heavy atom. The Morgan fingerprint density at radius 3 is 1.59 bits per heavy atom. The molecule has 8 heteroatoms. The van der Waals surface area contributed by atoms with Gasteiger partial charge < -0.3 is 19.8 Å². The molecule has 2 N–H and O–H groups in total. The SMILES string of the molecule is O=C(NCC1CCC(CNC(=O)c2cn3c(n2)CCCC3)CC1)c1cn2c(n1)CCCC2. The number of fused-ring (bicyclic) bond motifs is 2. The predicted octanol–water partition coefficient (Wildman–Crippen LogP) is 2.72. The molecular weight excluding hydrogens is 404 g/mol. The van der Waals surface area contributed by atoms with E-state index in [0.29, 0.717) is 36.3 Å². The van der Waals surface area contributed by atoms with Crippen molar-refractivity contribution < 1.29 is 9.59 Å². The molecule has 0 aromatic carbocycles. The minimum Gasteiger partial charge on any atom is -0.350 e. The van der Waals surface area contributed by atoms with E-state index < -0.39 is 0 Å². The van der Waals surface area contributed by atoms with Gasteiger partial charge in [-0.25, -0.2) is 9.97 Å². The van der Waals surface area contributed by atoms with Crippen molar-refractivity contribution in [3.05, 3.63) is 35.4 Å². The van der Waals surface area contributed by atoms with Gasteiger partial charge in [0.1, 0.15) is 23.0 Å². The van der Waals surface area contributed by atoms with Crippen molar-refractivity contribution in [1.82, 2.24) is 29.7 Å². The summed E-state index contributed by atoms with van der Waals surface area (Å²) >= 11 is 0. The first-order valence-electron chi connectivity index (χ1n) is 12.3. The maximum Gasteiger partial charge on any atom is 0.271 e. The van der Waals surface area contributed by atoms with Crippen molar-refractivity contribution in [3.8, 4) is 0 Å². The lowest BCUT2D eigenvalue weighted by atomic mass is 9.82. The quantitative estimate of drug-likeness (QED) is 0.725. The zero-order valence-corrected chi connectivity index (χ0v) is 18.8. The zero-order valence-electron chi connectivity index (χ0n) is 18.8. The molecule has 1 saturated carbocycles. The first kappa shape index (κ1) is 21.2. The highest BCUT2D eigenvalue weighted by molar-refractivity contribution is 5.92. The molecule has 0 radical (unpaired) electrons. The average molecular weight is 439 g/mol. The van der Waals surface area contributed by atoms with Gasteiger partial charge in [0.15, 0.2) is 0 Å². The molecule has 0 atom stereocenters. The number of carbonyl (C=O) groups excluding carboxylic acids is 2. The fourth-order valence-corrected chi connectivity index (χ4v) is 5.34. The largest absolute Gasteiger partial charge is 0.350 e. The fourth-order valence-electron chi connectivity index (χ4n) is 5.34. The maximum absolute atomic E-state index is 12.5. The van der Waals surface area contributed by atoms with E-state index in [1.807, 2.05) is 12.4 Å². The van der Waals surface area contributed by atoms with Crippen LogP contribution in [-0.2, 0) is 25.9 Å². The molecular formula is C24H34N6O2. The number of carbonyl (C=O) groups is 2. The standard InChI is InChI=1S/C24H34N6O2/c31-23(19-15-29-11-3-1-5-21(29)27-19)25-13-17-7-9-18(10-8-17)14-26-24(32)20-16-30-12-4-2-6-22(30)28-20/h15-18H,1-14H2,(H,25,31)(H,26,32). The van der Waals surface area contributed by atoms with Crippen molar-refractivity contribution in [2.45, 2.75) is 77.3 Å². The summed E-state index contributed by atoms with van der Waals surface area (Å²) in [5.74, 6) is 2.98. The van der Waals surface area contributed by atoms with Crippen molar-refractivity contribution >= 4 is 11.8 Å². The number of nitrogens with one attached hydrogen (secondary N) is 2. The molecule has 2 aromatic heterocycles. The highest BCUT2D eigenvalue weighted by Crippen LogP contribution is 2.28. The Bertz CT molecular complexity index is 844. The molecule has 8 nitrogen and oxygen atoms in total. The van der Waals surface area contributed by atoms with Crippen LogP contribution in [0.25, 0.3) is 0 Å². The van der Waals surface area contributed by atoms with E-state index >= 15 is 0 Å². The van der Waals surface area contributed by atoms with Gasteiger partial charge in [-0.3, -0.25) is 9.59 Å².